The minimum absolute atomic E-state index is 0.204. The molecule has 0 bridgehead atoms. The summed E-state index contributed by atoms with van der Waals surface area (Å²) in [5.41, 5.74) is 7.68. The highest BCUT2D eigenvalue weighted by molar-refractivity contribution is 7.78. The van der Waals surface area contributed by atoms with Gasteiger partial charge < -0.3 is 15.0 Å². The highest BCUT2D eigenvalue weighted by Crippen LogP contribution is 2.44. The Morgan fingerprint density at radius 2 is 1.33 bits per heavy atom. The number of rotatable bonds is 9. The van der Waals surface area contributed by atoms with Crippen molar-refractivity contribution in [3.05, 3.63) is 96.6 Å². The first-order valence-electron chi connectivity index (χ1n) is 10.1. The van der Waals surface area contributed by atoms with E-state index >= 15 is 0 Å². The summed E-state index contributed by atoms with van der Waals surface area (Å²) < 4.78 is 19.3. The lowest BCUT2D eigenvalue weighted by Crippen LogP contribution is -2.41. The van der Waals surface area contributed by atoms with Crippen LogP contribution in [0.1, 0.15) is 12.0 Å². The van der Waals surface area contributed by atoms with Crippen LogP contribution in [0.4, 0.5) is 0 Å². The first-order chi connectivity index (χ1) is 14.5. The van der Waals surface area contributed by atoms with E-state index in [2.05, 4.69) is 0 Å². The topological polar surface area (TPSA) is 69.4 Å². The summed E-state index contributed by atoms with van der Waals surface area (Å²) >= 11 is 0. The second-order valence-electron chi connectivity index (χ2n) is 7.41. The van der Waals surface area contributed by atoms with Gasteiger partial charge in [-0.3, -0.25) is 4.79 Å². The SMILES string of the molecule is COC(=O)C(CCc1ccccc1)C(N)CP(=O)(c1ccccc1)c1ccccc1. The lowest BCUT2D eigenvalue weighted by Gasteiger charge is -2.27. The molecule has 156 valence electrons. The van der Waals surface area contributed by atoms with Gasteiger partial charge in [0.25, 0.3) is 0 Å². The molecule has 0 radical (unpaired) electrons. The number of carbonyl (C=O) groups excluding carboxylic acids is 1. The fourth-order valence-corrected chi connectivity index (χ4v) is 6.62. The van der Waals surface area contributed by atoms with Crippen molar-refractivity contribution in [2.45, 2.75) is 18.9 Å². The van der Waals surface area contributed by atoms with E-state index in [-0.39, 0.29) is 12.1 Å². The van der Waals surface area contributed by atoms with E-state index in [1.54, 1.807) is 0 Å². The Balaban J connectivity index is 1.87. The fraction of sp³-hybridized carbons (Fsp3) is 0.240. The van der Waals surface area contributed by atoms with Crippen molar-refractivity contribution < 1.29 is 14.1 Å². The number of carbonyl (C=O) groups is 1. The molecule has 2 atom stereocenters. The molecule has 0 spiro atoms. The Kier molecular flexibility index (Phi) is 7.62. The van der Waals surface area contributed by atoms with Crippen LogP contribution in [0.25, 0.3) is 0 Å². The molecular weight excluding hydrogens is 393 g/mol. The van der Waals surface area contributed by atoms with E-state index in [9.17, 15) is 9.36 Å². The average Bonchev–Trinajstić information content (AvgIpc) is 2.80. The standard InChI is InChI=1S/C25H28NO3P/c1-29-25(27)23(18-17-20-11-5-2-6-12-20)24(26)19-30(28,21-13-7-3-8-14-21)22-15-9-4-10-16-22/h2-16,23-24H,17-19,26H2,1H3. The number of esters is 1. The second-order valence-corrected chi connectivity index (χ2v) is 10.3. The summed E-state index contributed by atoms with van der Waals surface area (Å²) in [5.74, 6) is -0.887. The van der Waals surface area contributed by atoms with Gasteiger partial charge in [0, 0.05) is 22.8 Å². The molecule has 3 aromatic carbocycles. The van der Waals surface area contributed by atoms with Crippen LogP contribution in [0.15, 0.2) is 91.0 Å². The Bertz CT molecular complexity index is 934. The van der Waals surface area contributed by atoms with Gasteiger partial charge in [0.05, 0.1) is 13.0 Å². The summed E-state index contributed by atoms with van der Waals surface area (Å²) in [6, 6.07) is 28.2. The van der Waals surface area contributed by atoms with Crippen LogP contribution in [0.3, 0.4) is 0 Å². The Labute approximate surface area is 178 Å². The minimum atomic E-state index is -3.01. The largest absolute Gasteiger partial charge is 0.469 e. The third-order valence-electron chi connectivity index (χ3n) is 5.42. The second kappa shape index (κ2) is 10.4. The van der Waals surface area contributed by atoms with Crippen LogP contribution in [0.5, 0.6) is 0 Å². The third-order valence-corrected chi connectivity index (χ3v) is 8.62. The molecule has 4 nitrogen and oxygen atoms in total. The van der Waals surface area contributed by atoms with E-state index in [0.29, 0.717) is 12.8 Å². The summed E-state index contributed by atoms with van der Waals surface area (Å²) in [7, 11) is -1.64. The molecule has 0 heterocycles. The molecule has 5 heteroatoms. The van der Waals surface area contributed by atoms with Crippen LogP contribution in [-0.4, -0.2) is 25.3 Å². The van der Waals surface area contributed by atoms with Gasteiger partial charge in [-0.25, -0.2) is 0 Å². The van der Waals surface area contributed by atoms with Crippen molar-refractivity contribution in [3.8, 4) is 0 Å². The number of methoxy groups -OCH3 is 1. The van der Waals surface area contributed by atoms with E-state index in [4.69, 9.17) is 10.5 Å². The van der Waals surface area contributed by atoms with E-state index in [1.807, 2.05) is 91.0 Å². The number of ether oxygens (including phenoxy) is 1. The molecule has 0 saturated carbocycles. The molecule has 0 aliphatic rings. The minimum Gasteiger partial charge on any atom is -0.469 e. The lowest BCUT2D eigenvalue weighted by molar-refractivity contribution is -0.146. The summed E-state index contributed by atoms with van der Waals surface area (Å²) in [6.07, 6.45) is 1.45. The van der Waals surface area contributed by atoms with Crippen LogP contribution in [0.2, 0.25) is 0 Å². The molecule has 0 aliphatic carbocycles. The molecular formula is C25H28NO3P. The van der Waals surface area contributed by atoms with E-state index < -0.39 is 19.1 Å². The van der Waals surface area contributed by atoms with Gasteiger partial charge >= 0.3 is 5.97 Å². The molecule has 3 rings (SSSR count). The zero-order valence-corrected chi connectivity index (χ0v) is 18.1. The van der Waals surface area contributed by atoms with Crippen LogP contribution in [-0.2, 0) is 20.5 Å². The molecule has 0 amide bonds. The third kappa shape index (κ3) is 5.27. The van der Waals surface area contributed by atoms with Gasteiger partial charge in [-0.15, -0.1) is 0 Å². The monoisotopic (exact) mass is 421 g/mol. The van der Waals surface area contributed by atoms with Gasteiger partial charge in [-0.1, -0.05) is 91.0 Å². The molecule has 2 unspecified atom stereocenters. The zero-order chi connectivity index (χ0) is 21.4. The Morgan fingerprint density at radius 3 is 1.80 bits per heavy atom. The zero-order valence-electron chi connectivity index (χ0n) is 17.2. The predicted molar refractivity (Wildman–Crippen MR) is 123 cm³/mol. The molecule has 0 fully saturated rings. The highest BCUT2D eigenvalue weighted by atomic mass is 31.2. The average molecular weight is 421 g/mol. The summed E-state index contributed by atoms with van der Waals surface area (Å²) in [5, 5.41) is 1.50. The van der Waals surface area contributed by atoms with Gasteiger partial charge in [-0.05, 0) is 18.4 Å². The molecule has 0 saturated heterocycles. The van der Waals surface area contributed by atoms with Gasteiger partial charge in [0.15, 0.2) is 0 Å². The maximum Gasteiger partial charge on any atom is 0.310 e. The van der Waals surface area contributed by atoms with Crippen molar-refractivity contribution >= 4 is 23.7 Å². The van der Waals surface area contributed by atoms with E-state index in [0.717, 1.165) is 16.2 Å². The Hall–Kier alpha value is -2.68. The highest BCUT2D eigenvalue weighted by Gasteiger charge is 2.35. The first kappa shape index (κ1) is 22.0. The normalized spacial score (nSPS) is 13.4. The molecule has 3 aromatic rings. The van der Waals surface area contributed by atoms with Crippen LogP contribution in [0, 0.1) is 5.92 Å². The number of aryl methyl sites for hydroxylation is 1. The van der Waals surface area contributed by atoms with Gasteiger partial charge in [-0.2, -0.15) is 0 Å². The number of benzene rings is 3. The van der Waals surface area contributed by atoms with E-state index in [1.165, 1.54) is 7.11 Å². The quantitative estimate of drug-likeness (QED) is 0.422. The van der Waals surface area contributed by atoms with Crippen molar-refractivity contribution in [2.24, 2.45) is 11.7 Å². The van der Waals surface area contributed by atoms with Gasteiger partial charge in [0.1, 0.15) is 7.14 Å². The molecule has 30 heavy (non-hydrogen) atoms. The van der Waals surface area contributed by atoms with Crippen molar-refractivity contribution in [2.75, 3.05) is 13.3 Å². The summed E-state index contributed by atoms with van der Waals surface area (Å²) in [4.78, 5) is 12.5. The maximum atomic E-state index is 14.3. The fourth-order valence-electron chi connectivity index (χ4n) is 3.75. The van der Waals surface area contributed by atoms with Crippen LogP contribution >= 0.6 is 7.14 Å². The maximum absolute atomic E-state index is 14.3. The van der Waals surface area contributed by atoms with Crippen LogP contribution < -0.4 is 16.3 Å². The molecule has 0 aromatic heterocycles. The van der Waals surface area contributed by atoms with Crippen molar-refractivity contribution in [1.29, 1.82) is 0 Å². The predicted octanol–water partition coefficient (Wildman–Crippen LogP) is 3.75. The summed E-state index contributed by atoms with van der Waals surface area (Å²) in [6.45, 7) is 0. The molecule has 2 N–H and O–H groups in total. The van der Waals surface area contributed by atoms with Crippen molar-refractivity contribution in [3.63, 3.8) is 0 Å². The number of nitrogens with two attached hydrogens (primary N) is 1. The van der Waals surface area contributed by atoms with Gasteiger partial charge in [0.2, 0.25) is 0 Å². The molecule has 0 aliphatic heterocycles. The lowest BCUT2D eigenvalue weighted by atomic mass is 9.94. The Morgan fingerprint density at radius 1 is 0.867 bits per heavy atom. The van der Waals surface area contributed by atoms with Crippen molar-refractivity contribution in [1.82, 2.24) is 0 Å². The first-order valence-corrected chi connectivity index (χ1v) is 12.0. The number of hydrogen-bond donors (Lipinski definition) is 1. The smallest absolute Gasteiger partial charge is 0.310 e. The number of hydrogen-bond acceptors (Lipinski definition) is 4.